The van der Waals surface area contributed by atoms with E-state index in [1.165, 1.54) is 17.2 Å². The molecule has 0 saturated carbocycles. The normalized spacial score (nSPS) is 14.9. The number of rotatable bonds is 2. The highest BCUT2D eigenvalue weighted by Crippen LogP contribution is 2.09. The Morgan fingerprint density at radius 3 is 2.72 bits per heavy atom. The largest absolute Gasteiger partial charge is 0.328 e. The van der Waals surface area contributed by atoms with Gasteiger partial charge in [-0.1, -0.05) is 6.92 Å². The van der Waals surface area contributed by atoms with E-state index in [0.717, 1.165) is 0 Å². The van der Waals surface area contributed by atoms with Crippen molar-refractivity contribution in [2.45, 2.75) is 13.3 Å². The third-order valence-corrected chi connectivity index (χ3v) is 2.97. The minimum atomic E-state index is -0.400. The number of hydrogen-bond acceptors (Lipinski definition) is 3. The van der Waals surface area contributed by atoms with Crippen LogP contribution in [0.1, 0.15) is 23.7 Å². The highest BCUT2D eigenvalue weighted by molar-refractivity contribution is 5.94. The molecule has 0 aromatic carbocycles. The third kappa shape index (κ3) is 2.27. The molecule has 2 amide bonds. The maximum Gasteiger partial charge on any atom is 0.260 e. The van der Waals surface area contributed by atoms with Gasteiger partial charge in [-0.25, -0.2) is 0 Å². The number of hydrogen-bond donors (Lipinski definition) is 1. The van der Waals surface area contributed by atoms with Crippen LogP contribution < -0.4 is 5.56 Å². The monoisotopic (exact) mass is 249 g/mol. The molecule has 1 aliphatic rings. The predicted octanol–water partition coefficient (Wildman–Crippen LogP) is 0.0268. The van der Waals surface area contributed by atoms with Gasteiger partial charge in [0.2, 0.25) is 5.91 Å². The molecule has 6 heteroatoms. The maximum atomic E-state index is 12.1. The average Bonchev–Trinajstić information content (AvgIpc) is 2.87. The first-order valence-corrected chi connectivity index (χ1v) is 5.88. The second-order valence-electron chi connectivity index (χ2n) is 4.13. The first-order valence-electron chi connectivity index (χ1n) is 5.88. The number of H-pyrrole nitrogens is 1. The Labute approximate surface area is 104 Å². The lowest BCUT2D eigenvalue weighted by Gasteiger charge is -2.17. The number of carbonyl (C=O) groups excluding carboxylic acids is 2. The fourth-order valence-electron chi connectivity index (χ4n) is 1.94. The van der Waals surface area contributed by atoms with E-state index < -0.39 is 5.56 Å². The molecule has 2 rings (SSSR count). The zero-order valence-electron chi connectivity index (χ0n) is 10.2. The van der Waals surface area contributed by atoms with Gasteiger partial charge in [-0.05, 0) is 12.1 Å². The molecule has 96 valence electrons. The number of pyridine rings is 1. The van der Waals surface area contributed by atoms with Gasteiger partial charge in [0.25, 0.3) is 11.5 Å². The Kier molecular flexibility index (Phi) is 3.45. The second kappa shape index (κ2) is 5.03. The molecule has 2 heterocycles. The van der Waals surface area contributed by atoms with Crippen molar-refractivity contribution in [2.24, 2.45) is 0 Å². The van der Waals surface area contributed by atoms with Crippen LogP contribution in [0.2, 0.25) is 0 Å². The van der Waals surface area contributed by atoms with Crippen LogP contribution >= 0.6 is 0 Å². The molecule has 0 radical (unpaired) electrons. The van der Waals surface area contributed by atoms with E-state index in [1.807, 2.05) is 0 Å². The van der Waals surface area contributed by atoms with Crippen LogP contribution in [0.3, 0.4) is 0 Å². The summed E-state index contributed by atoms with van der Waals surface area (Å²) in [5.74, 6) is -0.310. The zero-order chi connectivity index (χ0) is 13.1. The summed E-state index contributed by atoms with van der Waals surface area (Å²) < 4.78 is 0. The van der Waals surface area contributed by atoms with Gasteiger partial charge in [0.15, 0.2) is 0 Å². The molecule has 6 nitrogen and oxygen atoms in total. The molecule has 1 N–H and O–H groups in total. The SMILES string of the molecule is CCC(=O)N1CCN(C(=O)c2ccc[nH]c2=O)C1. The van der Waals surface area contributed by atoms with Gasteiger partial charge in [0.05, 0.1) is 6.67 Å². The molecule has 1 saturated heterocycles. The van der Waals surface area contributed by atoms with Crippen LogP contribution in [0, 0.1) is 0 Å². The third-order valence-electron chi connectivity index (χ3n) is 2.97. The zero-order valence-corrected chi connectivity index (χ0v) is 10.2. The molecule has 0 unspecified atom stereocenters. The predicted molar refractivity (Wildman–Crippen MR) is 65.0 cm³/mol. The van der Waals surface area contributed by atoms with Crippen molar-refractivity contribution in [2.75, 3.05) is 19.8 Å². The smallest absolute Gasteiger partial charge is 0.260 e. The number of nitrogens with zero attached hydrogens (tertiary/aromatic N) is 2. The molecule has 1 aliphatic heterocycles. The lowest BCUT2D eigenvalue weighted by molar-refractivity contribution is -0.130. The highest BCUT2D eigenvalue weighted by Gasteiger charge is 2.28. The summed E-state index contributed by atoms with van der Waals surface area (Å²) in [6, 6.07) is 3.10. The molecule has 0 aliphatic carbocycles. The van der Waals surface area contributed by atoms with E-state index in [2.05, 4.69) is 4.98 Å². The van der Waals surface area contributed by atoms with Gasteiger partial charge in [-0.2, -0.15) is 0 Å². The van der Waals surface area contributed by atoms with Gasteiger partial charge in [-0.15, -0.1) is 0 Å². The standard InChI is InChI=1S/C12H15N3O3/c1-2-10(16)14-6-7-15(8-14)12(18)9-4-3-5-13-11(9)17/h3-5H,2,6-8H2,1H3,(H,13,17). The van der Waals surface area contributed by atoms with E-state index in [1.54, 1.807) is 17.9 Å². The van der Waals surface area contributed by atoms with E-state index in [4.69, 9.17) is 0 Å². The van der Waals surface area contributed by atoms with Gasteiger partial charge < -0.3 is 14.8 Å². The van der Waals surface area contributed by atoms with Crippen LogP contribution in [0.4, 0.5) is 0 Å². The Balaban J connectivity index is 2.11. The lowest BCUT2D eigenvalue weighted by atomic mass is 10.2. The van der Waals surface area contributed by atoms with Crippen molar-refractivity contribution in [1.82, 2.24) is 14.8 Å². The molecule has 1 aromatic heterocycles. The fourth-order valence-corrected chi connectivity index (χ4v) is 1.94. The summed E-state index contributed by atoms with van der Waals surface area (Å²) in [6.07, 6.45) is 1.91. The number of nitrogens with one attached hydrogen (secondary N) is 1. The summed E-state index contributed by atoms with van der Waals surface area (Å²) in [6.45, 7) is 3.05. The van der Waals surface area contributed by atoms with E-state index >= 15 is 0 Å². The second-order valence-corrected chi connectivity index (χ2v) is 4.13. The number of carbonyl (C=O) groups is 2. The van der Waals surface area contributed by atoms with Crippen LogP contribution in [-0.2, 0) is 4.79 Å². The maximum absolute atomic E-state index is 12.1. The molecule has 0 bridgehead atoms. The quantitative estimate of drug-likeness (QED) is 0.803. The summed E-state index contributed by atoms with van der Waals surface area (Å²) in [5.41, 5.74) is -0.286. The summed E-state index contributed by atoms with van der Waals surface area (Å²) >= 11 is 0. The fraction of sp³-hybridized carbons (Fsp3) is 0.417. The molecule has 0 spiro atoms. The van der Waals surface area contributed by atoms with Crippen LogP contribution in [-0.4, -0.2) is 46.4 Å². The number of amides is 2. The van der Waals surface area contributed by atoms with Crippen molar-refractivity contribution < 1.29 is 9.59 Å². The molecule has 0 atom stereocenters. The van der Waals surface area contributed by atoms with Gasteiger partial charge in [-0.3, -0.25) is 14.4 Å². The Morgan fingerprint density at radius 2 is 2.06 bits per heavy atom. The van der Waals surface area contributed by atoms with Crippen LogP contribution in [0.25, 0.3) is 0 Å². The first kappa shape index (κ1) is 12.3. The van der Waals surface area contributed by atoms with Crippen molar-refractivity contribution in [3.63, 3.8) is 0 Å². The molecule has 18 heavy (non-hydrogen) atoms. The first-order chi connectivity index (χ1) is 8.63. The average molecular weight is 249 g/mol. The van der Waals surface area contributed by atoms with Crippen molar-refractivity contribution >= 4 is 11.8 Å². The Hall–Kier alpha value is -2.11. The summed E-state index contributed by atoms with van der Waals surface area (Å²) in [7, 11) is 0. The van der Waals surface area contributed by atoms with Gasteiger partial charge in [0.1, 0.15) is 5.56 Å². The van der Waals surface area contributed by atoms with E-state index in [-0.39, 0.29) is 24.0 Å². The van der Waals surface area contributed by atoms with Crippen molar-refractivity contribution in [3.05, 3.63) is 34.2 Å². The minimum Gasteiger partial charge on any atom is -0.328 e. The Morgan fingerprint density at radius 1 is 1.33 bits per heavy atom. The summed E-state index contributed by atoms with van der Waals surface area (Å²) in [4.78, 5) is 40.7. The van der Waals surface area contributed by atoms with Crippen molar-refractivity contribution in [3.8, 4) is 0 Å². The lowest BCUT2D eigenvalue weighted by Crippen LogP contribution is -2.35. The van der Waals surface area contributed by atoms with Gasteiger partial charge >= 0.3 is 0 Å². The molecule has 1 fully saturated rings. The van der Waals surface area contributed by atoms with Crippen molar-refractivity contribution in [1.29, 1.82) is 0 Å². The van der Waals surface area contributed by atoms with E-state index in [9.17, 15) is 14.4 Å². The molecular weight excluding hydrogens is 234 g/mol. The molecule has 1 aromatic rings. The number of aromatic nitrogens is 1. The summed E-state index contributed by atoms with van der Waals surface area (Å²) in [5, 5.41) is 0. The van der Waals surface area contributed by atoms with Crippen LogP contribution in [0.15, 0.2) is 23.1 Å². The Bertz CT molecular complexity index is 523. The van der Waals surface area contributed by atoms with Crippen LogP contribution in [0.5, 0.6) is 0 Å². The topological polar surface area (TPSA) is 73.5 Å². The van der Waals surface area contributed by atoms with Gasteiger partial charge in [0, 0.05) is 25.7 Å². The highest BCUT2D eigenvalue weighted by atomic mass is 16.2. The number of aromatic amines is 1. The minimum absolute atomic E-state index is 0.0206. The van der Waals surface area contributed by atoms with E-state index in [0.29, 0.717) is 19.5 Å². The molecular formula is C12H15N3O3.